The summed E-state index contributed by atoms with van der Waals surface area (Å²) in [4.78, 5) is 11.2. The Kier molecular flexibility index (Phi) is 2.75. The Bertz CT molecular complexity index is 676. The number of anilines is 2. The van der Waals surface area contributed by atoms with Crippen LogP contribution in [0.15, 0.2) is 24.3 Å². The summed E-state index contributed by atoms with van der Waals surface area (Å²) in [5.74, 6) is 1.50. The van der Waals surface area contributed by atoms with Crippen LogP contribution in [0.4, 0.5) is 11.6 Å². The SMILES string of the molecule is Clc1nc(N2CCOc3ccccc32)nc2c1CNC2. The van der Waals surface area contributed by atoms with Gasteiger partial charge in [-0.3, -0.25) is 0 Å². The first kappa shape index (κ1) is 11.9. The number of para-hydroxylation sites is 2. The van der Waals surface area contributed by atoms with Crippen LogP contribution in [0.5, 0.6) is 5.75 Å². The zero-order chi connectivity index (χ0) is 13.5. The average Bonchev–Trinajstić information content (AvgIpc) is 2.95. The highest BCUT2D eigenvalue weighted by Gasteiger charge is 2.24. The van der Waals surface area contributed by atoms with Crippen molar-refractivity contribution < 1.29 is 4.74 Å². The molecule has 102 valence electrons. The molecule has 2 aliphatic heterocycles. The minimum absolute atomic E-state index is 0.541. The number of ether oxygens (including phenoxy) is 1. The summed E-state index contributed by atoms with van der Waals surface area (Å²) >= 11 is 6.27. The molecule has 0 saturated carbocycles. The Morgan fingerprint density at radius 3 is 3.05 bits per heavy atom. The van der Waals surface area contributed by atoms with Gasteiger partial charge in [0.1, 0.15) is 17.5 Å². The fraction of sp³-hybridized carbons (Fsp3) is 0.286. The van der Waals surface area contributed by atoms with Gasteiger partial charge in [-0.05, 0) is 12.1 Å². The Hall–Kier alpha value is -1.85. The van der Waals surface area contributed by atoms with Crippen LogP contribution in [0, 0.1) is 0 Å². The quantitative estimate of drug-likeness (QED) is 0.816. The number of aromatic nitrogens is 2. The lowest BCUT2D eigenvalue weighted by Crippen LogP contribution is -2.30. The van der Waals surface area contributed by atoms with Crippen LogP contribution < -0.4 is 15.0 Å². The van der Waals surface area contributed by atoms with Crippen LogP contribution in [-0.2, 0) is 13.1 Å². The molecule has 20 heavy (non-hydrogen) atoms. The maximum atomic E-state index is 6.27. The van der Waals surface area contributed by atoms with E-state index in [2.05, 4.69) is 20.2 Å². The molecule has 0 amide bonds. The molecule has 3 heterocycles. The maximum Gasteiger partial charge on any atom is 0.231 e. The van der Waals surface area contributed by atoms with Gasteiger partial charge >= 0.3 is 0 Å². The number of nitrogens with one attached hydrogen (secondary N) is 1. The summed E-state index contributed by atoms with van der Waals surface area (Å²) in [5, 5.41) is 3.79. The van der Waals surface area contributed by atoms with Crippen LogP contribution in [0.2, 0.25) is 5.15 Å². The Morgan fingerprint density at radius 2 is 2.10 bits per heavy atom. The highest BCUT2D eigenvalue weighted by atomic mass is 35.5. The second-order valence-corrected chi connectivity index (χ2v) is 5.17. The van der Waals surface area contributed by atoms with Gasteiger partial charge in [0.25, 0.3) is 0 Å². The Morgan fingerprint density at radius 1 is 1.20 bits per heavy atom. The van der Waals surface area contributed by atoms with Crippen LogP contribution >= 0.6 is 11.6 Å². The summed E-state index contributed by atoms with van der Waals surface area (Å²) in [6.45, 7) is 2.83. The lowest BCUT2D eigenvalue weighted by molar-refractivity contribution is 0.313. The molecule has 0 spiro atoms. The molecule has 0 bridgehead atoms. The third-order valence-corrected chi connectivity index (χ3v) is 3.91. The van der Waals surface area contributed by atoms with E-state index in [0.29, 0.717) is 17.7 Å². The van der Waals surface area contributed by atoms with Crippen molar-refractivity contribution in [2.45, 2.75) is 13.1 Å². The van der Waals surface area contributed by atoms with Gasteiger partial charge in [-0.25, -0.2) is 9.97 Å². The molecule has 0 atom stereocenters. The van der Waals surface area contributed by atoms with Crippen molar-refractivity contribution in [1.29, 1.82) is 0 Å². The molecule has 0 aliphatic carbocycles. The van der Waals surface area contributed by atoms with Crippen molar-refractivity contribution in [3.05, 3.63) is 40.7 Å². The topological polar surface area (TPSA) is 50.3 Å². The smallest absolute Gasteiger partial charge is 0.231 e. The second kappa shape index (κ2) is 4.61. The van der Waals surface area contributed by atoms with Crippen LogP contribution in [-0.4, -0.2) is 23.1 Å². The van der Waals surface area contributed by atoms with Gasteiger partial charge < -0.3 is 15.0 Å². The fourth-order valence-electron chi connectivity index (χ4n) is 2.61. The van der Waals surface area contributed by atoms with Crippen molar-refractivity contribution in [1.82, 2.24) is 15.3 Å². The normalized spacial score (nSPS) is 16.6. The number of nitrogens with zero attached hydrogens (tertiary/aromatic N) is 3. The van der Waals surface area contributed by atoms with Crippen LogP contribution in [0.3, 0.4) is 0 Å². The minimum Gasteiger partial charge on any atom is -0.490 e. The number of rotatable bonds is 1. The lowest BCUT2D eigenvalue weighted by atomic mass is 10.2. The van der Waals surface area contributed by atoms with Gasteiger partial charge in [-0.1, -0.05) is 23.7 Å². The third kappa shape index (κ3) is 1.82. The van der Waals surface area contributed by atoms with Crippen molar-refractivity contribution in [2.75, 3.05) is 18.1 Å². The molecule has 0 saturated heterocycles. The molecule has 5 nitrogen and oxygen atoms in total. The van der Waals surface area contributed by atoms with E-state index in [1.807, 2.05) is 24.3 Å². The number of benzene rings is 1. The standard InChI is InChI=1S/C14H13ClN4O/c15-13-9-7-16-8-10(9)17-14(18-13)19-5-6-20-12-4-2-1-3-11(12)19/h1-4,16H,5-8H2. The summed E-state index contributed by atoms with van der Waals surface area (Å²) in [5.41, 5.74) is 2.99. The first-order valence-electron chi connectivity index (χ1n) is 6.58. The zero-order valence-electron chi connectivity index (χ0n) is 10.8. The van der Waals surface area contributed by atoms with Gasteiger partial charge in [-0.15, -0.1) is 0 Å². The van der Waals surface area contributed by atoms with E-state index in [1.54, 1.807) is 0 Å². The van der Waals surface area contributed by atoms with Gasteiger partial charge in [0, 0.05) is 18.7 Å². The molecule has 0 fully saturated rings. The molecule has 1 aromatic heterocycles. The molecule has 0 unspecified atom stereocenters. The first-order valence-corrected chi connectivity index (χ1v) is 6.96. The summed E-state index contributed by atoms with van der Waals surface area (Å²) in [7, 11) is 0. The number of fused-ring (bicyclic) bond motifs is 2. The average molecular weight is 289 g/mol. The number of hydrogen-bond donors (Lipinski definition) is 1. The largest absolute Gasteiger partial charge is 0.490 e. The summed E-state index contributed by atoms with van der Waals surface area (Å²) in [6.07, 6.45) is 0. The second-order valence-electron chi connectivity index (χ2n) is 4.81. The predicted octanol–water partition coefficient (Wildman–Crippen LogP) is 2.26. The molecule has 2 aromatic rings. The Balaban J connectivity index is 1.81. The number of hydrogen-bond acceptors (Lipinski definition) is 5. The van der Waals surface area contributed by atoms with Crippen LogP contribution in [0.25, 0.3) is 0 Å². The van der Waals surface area contributed by atoms with Crippen molar-refractivity contribution in [3.8, 4) is 5.75 Å². The fourth-order valence-corrected chi connectivity index (χ4v) is 2.86. The van der Waals surface area contributed by atoms with Gasteiger partial charge in [0.2, 0.25) is 5.95 Å². The highest BCUT2D eigenvalue weighted by Crippen LogP contribution is 2.36. The third-order valence-electron chi connectivity index (χ3n) is 3.59. The molecule has 0 radical (unpaired) electrons. The monoisotopic (exact) mass is 288 g/mol. The van der Waals surface area contributed by atoms with E-state index in [9.17, 15) is 0 Å². The summed E-state index contributed by atoms with van der Waals surface area (Å²) in [6, 6.07) is 7.91. The number of halogens is 1. The van der Waals surface area contributed by atoms with Crippen molar-refractivity contribution in [2.24, 2.45) is 0 Å². The van der Waals surface area contributed by atoms with E-state index in [1.165, 1.54) is 0 Å². The lowest BCUT2D eigenvalue weighted by Gasteiger charge is -2.29. The molecule has 2 aliphatic rings. The maximum absolute atomic E-state index is 6.27. The van der Waals surface area contributed by atoms with Crippen molar-refractivity contribution >= 4 is 23.2 Å². The van der Waals surface area contributed by atoms with E-state index in [-0.39, 0.29) is 0 Å². The van der Waals surface area contributed by atoms with Crippen LogP contribution in [0.1, 0.15) is 11.3 Å². The minimum atomic E-state index is 0.541. The zero-order valence-corrected chi connectivity index (χ0v) is 11.5. The van der Waals surface area contributed by atoms with E-state index in [0.717, 1.165) is 42.3 Å². The molecular weight excluding hydrogens is 276 g/mol. The van der Waals surface area contributed by atoms with E-state index in [4.69, 9.17) is 16.3 Å². The molecular formula is C14H13ClN4O. The Labute approximate surface area is 121 Å². The molecule has 4 rings (SSSR count). The van der Waals surface area contributed by atoms with E-state index < -0.39 is 0 Å². The summed E-state index contributed by atoms with van der Waals surface area (Å²) < 4.78 is 5.66. The molecule has 1 N–H and O–H groups in total. The van der Waals surface area contributed by atoms with Gasteiger partial charge in [0.05, 0.1) is 17.9 Å². The van der Waals surface area contributed by atoms with Crippen molar-refractivity contribution in [3.63, 3.8) is 0 Å². The molecule has 1 aromatic carbocycles. The molecule has 6 heteroatoms. The van der Waals surface area contributed by atoms with Gasteiger partial charge in [0.15, 0.2) is 0 Å². The first-order chi connectivity index (χ1) is 9.83. The predicted molar refractivity (Wildman–Crippen MR) is 76.5 cm³/mol. The van der Waals surface area contributed by atoms with Gasteiger partial charge in [-0.2, -0.15) is 0 Å². The highest BCUT2D eigenvalue weighted by molar-refractivity contribution is 6.30. The van der Waals surface area contributed by atoms with E-state index >= 15 is 0 Å².